The van der Waals surface area contributed by atoms with Crippen LogP contribution in [0.1, 0.15) is 35.8 Å². The second kappa shape index (κ2) is 10.7. The van der Waals surface area contributed by atoms with E-state index in [1.165, 1.54) is 5.56 Å². The number of allylic oxidation sites excluding steroid dienone is 4. The Morgan fingerprint density at radius 1 is 0.767 bits per heavy atom. The molecule has 2 aliphatic carbocycles. The zero-order valence-corrected chi connectivity index (χ0v) is 23.4. The first-order valence-corrected chi connectivity index (χ1v) is 14.6. The molecule has 1 atom stereocenters. The number of benzene rings is 3. The molecule has 0 fully saturated rings. The molecule has 6 aromatic rings. The van der Waals surface area contributed by atoms with Gasteiger partial charge in [0.2, 0.25) is 11.8 Å². The van der Waals surface area contributed by atoms with Crippen LogP contribution < -0.4 is 4.90 Å². The Bertz CT molecular complexity index is 1960. The van der Waals surface area contributed by atoms with Gasteiger partial charge in [0, 0.05) is 22.9 Å². The lowest BCUT2D eigenvalue weighted by molar-refractivity contribution is 0.560. The fourth-order valence-electron chi connectivity index (χ4n) is 5.73. The Hall–Kier alpha value is -5.60. The van der Waals surface area contributed by atoms with Crippen LogP contribution in [0, 0.1) is 12.1 Å². The summed E-state index contributed by atoms with van der Waals surface area (Å²) in [6, 6.07) is 37.5. The monoisotopic (exact) mass is 557 g/mol. The average Bonchev–Trinajstić information content (AvgIpc) is 3.71. The van der Waals surface area contributed by atoms with Crippen LogP contribution >= 0.6 is 0 Å². The molecule has 5 heteroatoms. The predicted octanol–water partition coefficient (Wildman–Crippen LogP) is 9.48. The predicted molar refractivity (Wildman–Crippen MR) is 170 cm³/mol. The van der Waals surface area contributed by atoms with Gasteiger partial charge in [0.1, 0.15) is 5.52 Å². The van der Waals surface area contributed by atoms with E-state index >= 15 is 0 Å². The Balaban J connectivity index is 1.13. The molecule has 206 valence electrons. The average molecular weight is 558 g/mol. The Morgan fingerprint density at radius 3 is 2.40 bits per heavy atom. The second-order valence-corrected chi connectivity index (χ2v) is 10.8. The van der Waals surface area contributed by atoms with Gasteiger partial charge in [0.25, 0.3) is 0 Å². The normalized spacial score (nSPS) is 15.6. The number of aryl methyl sites for hydroxylation is 1. The summed E-state index contributed by atoms with van der Waals surface area (Å²) in [4.78, 5) is 11.6. The minimum Gasteiger partial charge on any atom is -0.436 e. The summed E-state index contributed by atoms with van der Waals surface area (Å²) in [5, 5.41) is 0. The molecule has 0 saturated carbocycles. The molecule has 2 heterocycles. The van der Waals surface area contributed by atoms with Crippen LogP contribution in [-0.4, -0.2) is 9.97 Å². The maximum Gasteiger partial charge on any atom is 0.235 e. The van der Waals surface area contributed by atoms with Gasteiger partial charge in [-0.25, -0.2) is 9.97 Å². The van der Waals surface area contributed by atoms with Crippen molar-refractivity contribution in [3.05, 3.63) is 150 Å². The molecule has 0 spiro atoms. The fraction of sp³-hybridized carbons (Fsp3) is 0.105. The molecule has 0 bridgehead atoms. The van der Waals surface area contributed by atoms with Crippen LogP contribution in [0.25, 0.3) is 40.1 Å². The third-order valence-corrected chi connectivity index (χ3v) is 7.98. The summed E-state index contributed by atoms with van der Waals surface area (Å²) in [5.74, 6) is 2.39. The summed E-state index contributed by atoms with van der Waals surface area (Å²) < 4.78 is 12.0. The molecule has 0 radical (unpaired) electrons. The topological polar surface area (TPSA) is 55.3 Å². The molecule has 2 aliphatic rings. The third-order valence-electron chi connectivity index (χ3n) is 7.98. The van der Waals surface area contributed by atoms with E-state index in [4.69, 9.17) is 13.8 Å². The van der Waals surface area contributed by atoms with Crippen LogP contribution in [0.15, 0.2) is 130 Å². The Labute approximate surface area is 250 Å². The van der Waals surface area contributed by atoms with Gasteiger partial charge in [0.15, 0.2) is 11.3 Å². The SMILES string of the molecule is c1c(-c2nc3ccccc3o2)ccc(N(C2=CCC(c3ccccc3)C=C2)c2ccc(-c3nc4c(o3)C=CCC4)cc2)c#1. The van der Waals surface area contributed by atoms with E-state index < -0.39 is 0 Å². The van der Waals surface area contributed by atoms with Crippen molar-refractivity contribution in [2.24, 2.45) is 0 Å². The smallest absolute Gasteiger partial charge is 0.235 e. The van der Waals surface area contributed by atoms with Crippen LogP contribution in [0.4, 0.5) is 11.4 Å². The van der Waals surface area contributed by atoms with E-state index in [-0.39, 0.29) is 0 Å². The molecule has 8 rings (SSSR count). The van der Waals surface area contributed by atoms with Crippen molar-refractivity contribution in [3.8, 4) is 22.9 Å². The Morgan fingerprint density at radius 2 is 1.63 bits per heavy atom. The summed E-state index contributed by atoms with van der Waals surface area (Å²) in [5.41, 5.74) is 8.59. The highest BCUT2D eigenvalue weighted by molar-refractivity contribution is 5.77. The lowest BCUT2D eigenvalue weighted by atomic mass is 9.91. The van der Waals surface area contributed by atoms with Crippen LogP contribution in [-0.2, 0) is 6.42 Å². The van der Waals surface area contributed by atoms with Gasteiger partial charge in [-0.2, -0.15) is 0 Å². The zero-order valence-electron chi connectivity index (χ0n) is 23.4. The molecule has 0 saturated heterocycles. The summed E-state index contributed by atoms with van der Waals surface area (Å²) in [6.45, 7) is 0. The third kappa shape index (κ3) is 4.83. The largest absolute Gasteiger partial charge is 0.436 e. The van der Waals surface area contributed by atoms with Crippen molar-refractivity contribution in [2.45, 2.75) is 25.2 Å². The second-order valence-electron chi connectivity index (χ2n) is 10.8. The number of rotatable bonds is 6. The number of oxazole rings is 2. The number of anilines is 2. The lowest BCUT2D eigenvalue weighted by Crippen LogP contribution is -2.17. The fourth-order valence-corrected chi connectivity index (χ4v) is 5.73. The maximum absolute atomic E-state index is 6.06. The molecular weight excluding hydrogens is 530 g/mol. The van der Waals surface area contributed by atoms with E-state index in [0.29, 0.717) is 17.7 Å². The van der Waals surface area contributed by atoms with E-state index in [0.717, 1.165) is 70.0 Å². The first-order chi connectivity index (χ1) is 21.3. The molecule has 5 nitrogen and oxygen atoms in total. The minimum atomic E-state index is 0.344. The quantitative estimate of drug-likeness (QED) is 0.204. The van der Waals surface area contributed by atoms with Crippen molar-refractivity contribution in [3.63, 3.8) is 0 Å². The summed E-state index contributed by atoms with van der Waals surface area (Å²) >= 11 is 0. The van der Waals surface area contributed by atoms with Gasteiger partial charge in [-0.15, -0.1) is 0 Å². The van der Waals surface area contributed by atoms with Crippen molar-refractivity contribution in [1.29, 1.82) is 0 Å². The van der Waals surface area contributed by atoms with Gasteiger partial charge in [-0.05, 0) is 91.6 Å². The number of nitrogens with zero attached hydrogens (tertiary/aromatic N) is 3. The first kappa shape index (κ1) is 25.1. The number of hydrogen-bond acceptors (Lipinski definition) is 5. The number of aromatic nitrogens is 2. The van der Waals surface area contributed by atoms with Gasteiger partial charge in [0.05, 0.1) is 16.9 Å². The van der Waals surface area contributed by atoms with E-state index in [1.807, 2.05) is 42.5 Å². The van der Waals surface area contributed by atoms with Gasteiger partial charge < -0.3 is 13.7 Å². The van der Waals surface area contributed by atoms with Gasteiger partial charge in [-0.3, -0.25) is 0 Å². The number of fused-ring (bicyclic) bond motifs is 2. The molecule has 2 aromatic heterocycles. The highest BCUT2D eigenvalue weighted by Gasteiger charge is 2.20. The molecule has 4 aromatic carbocycles. The molecule has 1 unspecified atom stereocenters. The number of para-hydroxylation sites is 2. The van der Waals surface area contributed by atoms with E-state index in [1.54, 1.807) is 0 Å². The van der Waals surface area contributed by atoms with Crippen LogP contribution in [0.3, 0.4) is 0 Å². The first-order valence-electron chi connectivity index (χ1n) is 14.6. The summed E-state index contributed by atoms with van der Waals surface area (Å²) in [7, 11) is 0. The molecular formula is C38H27N3O2. The molecule has 0 amide bonds. The molecule has 43 heavy (non-hydrogen) atoms. The van der Waals surface area contributed by atoms with Crippen molar-refractivity contribution in [1.82, 2.24) is 9.97 Å². The van der Waals surface area contributed by atoms with Crippen LogP contribution in [0.2, 0.25) is 0 Å². The lowest BCUT2D eigenvalue weighted by Gasteiger charge is -2.28. The molecule has 0 aliphatic heterocycles. The van der Waals surface area contributed by atoms with Gasteiger partial charge in [-0.1, -0.05) is 66.8 Å². The van der Waals surface area contributed by atoms with E-state index in [2.05, 4.69) is 101 Å². The number of hydrogen-bond donors (Lipinski definition) is 0. The molecule has 0 N–H and O–H groups in total. The van der Waals surface area contributed by atoms with Crippen LogP contribution in [0.5, 0.6) is 0 Å². The highest BCUT2D eigenvalue weighted by atomic mass is 16.4. The van der Waals surface area contributed by atoms with Gasteiger partial charge >= 0.3 is 0 Å². The van der Waals surface area contributed by atoms with Crippen molar-refractivity contribution >= 4 is 28.6 Å². The summed E-state index contributed by atoms with van der Waals surface area (Å²) in [6.07, 6.45) is 13.8. The van der Waals surface area contributed by atoms with E-state index in [9.17, 15) is 0 Å². The standard InChI is InChI=1S/C38H27N3O2/c1-2-8-26(9-3-1)27-14-20-30(21-15-27)41(31-22-16-28(17-23-31)37-39-33-10-4-6-12-35(33)42-37)32-24-18-29(19-25-32)38-40-34-11-5-7-13-36(34)43-38/h1-4,6-10,12-14,16,18-22,24-25,27H,5,11,15H2. The van der Waals surface area contributed by atoms with Crippen molar-refractivity contribution < 1.29 is 8.83 Å². The minimum absolute atomic E-state index is 0.344. The maximum atomic E-state index is 6.06. The zero-order chi connectivity index (χ0) is 28.6. The Kier molecular flexibility index (Phi) is 6.23. The highest BCUT2D eigenvalue weighted by Crippen LogP contribution is 2.36. The van der Waals surface area contributed by atoms with Crippen molar-refractivity contribution in [2.75, 3.05) is 4.90 Å².